The molecule has 0 radical (unpaired) electrons. The highest BCUT2D eigenvalue weighted by Gasteiger charge is 2.25. The van der Waals surface area contributed by atoms with Crippen LogP contribution in [0.4, 0.5) is 11.6 Å². The molecule has 2 heterocycles. The Kier molecular flexibility index (Phi) is 4.04. The van der Waals surface area contributed by atoms with Crippen LogP contribution in [0.3, 0.4) is 0 Å². The Bertz CT molecular complexity index is 395. The summed E-state index contributed by atoms with van der Waals surface area (Å²) in [4.78, 5) is 11.0. The van der Waals surface area contributed by atoms with Gasteiger partial charge in [-0.05, 0) is 24.7 Å². The number of nitrogen functional groups attached to an aromatic ring is 1. The van der Waals surface area contributed by atoms with Gasteiger partial charge in [0.05, 0.1) is 0 Å². The SMILES string of the molecule is CCCc1c(N)ncnc1N1CC(C)CC(C)C1. The molecule has 2 rings (SSSR count). The van der Waals surface area contributed by atoms with E-state index in [4.69, 9.17) is 5.73 Å². The number of hydrogen-bond acceptors (Lipinski definition) is 4. The number of anilines is 2. The third-order valence-electron chi connectivity index (χ3n) is 3.62. The Labute approximate surface area is 110 Å². The summed E-state index contributed by atoms with van der Waals surface area (Å²) in [6, 6.07) is 0. The van der Waals surface area contributed by atoms with E-state index >= 15 is 0 Å². The van der Waals surface area contributed by atoms with Crippen molar-refractivity contribution in [2.75, 3.05) is 23.7 Å². The summed E-state index contributed by atoms with van der Waals surface area (Å²) < 4.78 is 0. The molecule has 1 aromatic heterocycles. The first-order valence-corrected chi connectivity index (χ1v) is 6.96. The molecule has 0 saturated carbocycles. The Balaban J connectivity index is 2.29. The standard InChI is InChI=1S/C14H24N4/c1-4-5-12-13(15)16-9-17-14(12)18-7-10(2)6-11(3)8-18/h9-11H,4-8H2,1-3H3,(H2,15,16,17). The molecule has 1 saturated heterocycles. The van der Waals surface area contributed by atoms with Crippen molar-refractivity contribution in [3.63, 3.8) is 0 Å². The monoisotopic (exact) mass is 248 g/mol. The maximum atomic E-state index is 6.01. The highest BCUT2D eigenvalue weighted by molar-refractivity contribution is 5.57. The average Bonchev–Trinajstić information content (AvgIpc) is 2.30. The zero-order valence-electron chi connectivity index (χ0n) is 11.7. The fourth-order valence-corrected chi connectivity index (χ4v) is 3.01. The normalized spacial score (nSPS) is 24.3. The van der Waals surface area contributed by atoms with Gasteiger partial charge >= 0.3 is 0 Å². The second kappa shape index (κ2) is 5.55. The molecule has 0 amide bonds. The van der Waals surface area contributed by atoms with Crippen molar-refractivity contribution in [1.82, 2.24) is 9.97 Å². The number of nitrogens with zero attached hydrogens (tertiary/aromatic N) is 3. The predicted molar refractivity (Wildman–Crippen MR) is 75.6 cm³/mol. The molecule has 2 unspecified atom stereocenters. The van der Waals surface area contributed by atoms with Gasteiger partial charge in [-0.15, -0.1) is 0 Å². The Morgan fingerprint density at radius 2 is 1.94 bits per heavy atom. The van der Waals surface area contributed by atoms with Gasteiger partial charge in [0.1, 0.15) is 18.0 Å². The van der Waals surface area contributed by atoms with Gasteiger partial charge in [0, 0.05) is 18.7 Å². The van der Waals surface area contributed by atoms with Crippen molar-refractivity contribution in [2.45, 2.75) is 40.0 Å². The van der Waals surface area contributed by atoms with Crippen molar-refractivity contribution in [3.05, 3.63) is 11.9 Å². The van der Waals surface area contributed by atoms with E-state index in [0.29, 0.717) is 5.82 Å². The lowest BCUT2D eigenvalue weighted by Gasteiger charge is -2.36. The highest BCUT2D eigenvalue weighted by atomic mass is 15.2. The van der Waals surface area contributed by atoms with Crippen molar-refractivity contribution in [2.24, 2.45) is 11.8 Å². The number of aromatic nitrogens is 2. The lowest BCUT2D eigenvalue weighted by atomic mass is 9.91. The number of hydrogen-bond donors (Lipinski definition) is 1. The van der Waals surface area contributed by atoms with Crippen LogP contribution < -0.4 is 10.6 Å². The molecule has 1 aliphatic heterocycles. The Morgan fingerprint density at radius 1 is 1.28 bits per heavy atom. The maximum absolute atomic E-state index is 6.01. The summed E-state index contributed by atoms with van der Waals surface area (Å²) in [5, 5.41) is 0. The lowest BCUT2D eigenvalue weighted by molar-refractivity contribution is 0.355. The summed E-state index contributed by atoms with van der Waals surface area (Å²) in [6.07, 6.45) is 4.93. The molecular weight excluding hydrogens is 224 g/mol. The zero-order valence-corrected chi connectivity index (χ0v) is 11.7. The van der Waals surface area contributed by atoms with Crippen molar-refractivity contribution >= 4 is 11.6 Å². The molecule has 18 heavy (non-hydrogen) atoms. The van der Waals surface area contributed by atoms with Crippen LogP contribution in [0.5, 0.6) is 0 Å². The largest absolute Gasteiger partial charge is 0.383 e. The van der Waals surface area contributed by atoms with E-state index in [1.807, 2.05) is 0 Å². The minimum absolute atomic E-state index is 0.646. The third-order valence-corrected chi connectivity index (χ3v) is 3.62. The van der Waals surface area contributed by atoms with E-state index in [0.717, 1.165) is 49.1 Å². The van der Waals surface area contributed by atoms with E-state index in [1.165, 1.54) is 6.42 Å². The minimum Gasteiger partial charge on any atom is -0.383 e. The predicted octanol–water partition coefficient (Wildman–Crippen LogP) is 2.49. The van der Waals surface area contributed by atoms with Crippen LogP contribution in [0.15, 0.2) is 6.33 Å². The van der Waals surface area contributed by atoms with Gasteiger partial charge in [0.15, 0.2) is 0 Å². The maximum Gasteiger partial charge on any atom is 0.137 e. The van der Waals surface area contributed by atoms with Gasteiger partial charge in [-0.2, -0.15) is 0 Å². The molecule has 0 aliphatic carbocycles. The molecule has 1 aromatic rings. The van der Waals surface area contributed by atoms with Crippen LogP contribution in [0.25, 0.3) is 0 Å². The van der Waals surface area contributed by atoms with Crippen molar-refractivity contribution in [1.29, 1.82) is 0 Å². The second-order valence-corrected chi connectivity index (χ2v) is 5.66. The quantitative estimate of drug-likeness (QED) is 0.893. The van der Waals surface area contributed by atoms with E-state index < -0.39 is 0 Å². The average molecular weight is 248 g/mol. The molecule has 4 heteroatoms. The Morgan fingerprint density at radius 3 is 2.56 bits per heavy atom. The Hall–Kier alpha value is -1.32. The number of piperidine rings is 1. The van der Waals surface area contributed by atoms with Gasteiger partial charge in [-0.25, -0.2) is 9.97 Å². The minimum atomic E-state index is 0.646. The first kappa shape index (κ1) is 13.1. The topological polar surface area (TPSA) is 55.0 Å². The zero-order chi connectivity index (χ0) is 13.1. The van der Waals surface area contributed by atoms with Gasteiger partial charge < -0.3 is 10.6 Å². The molecular formula is C14H24N4. The molecule has 2 atom stereocenters. The molecule has 0 spiro atoms. The number of rotatable bonds is 3. The molecule has 0 bridgehead atoms. The highest BCUT2D eigenvalue weighted by Crippen LogP contribution is 2.29. The molecule has 0 aromatic carbocycles. The van der Waals surface area contributed by atoms with Gasteiger partial charge in [-0.3, -0.25) is 0 Å². The molecule has 4 nitrogen and oxygen atoms in total. The smallest absolute Gasteiger partial charge is 0.137 e. The summed E-state index contributed by atoms with van der Waals surface area (Å²) >= 11 is 0. The van der Waals surface area contributed by atoms with Crippen LogP contribution >= 0.6 is 0 Å². The van der Waals surface area contributed by atoms with E-state index in [2.05, 4.69) is 35.6 Å². The molecule has 100 valence electrons. The van der Waals surface area contributed by atoms with Crippen LogP contribution in [-0.4, -0.2) is 23.1 Å². The molecule has 1 fully saturated rings. The van der Waals surface area contributed by atoms with Crippen molar-refractivity contribution < 1.29 is 0 Å². The second-order valence-electron chi connectivity index (χ2n) is 5.66. The van der Waals surface area contributed by atoms with Crippen molar-refractivity contribution in [3.8, 4) is 0 Å². The van der Waals surface area contributed by atoms with E-state index in [-0.39, 0.29) is 0 Å². The first-order chi connectivity index (χ1) is 8.61. The third kappa shape index (κ3) is 2.74. The lowest BCUT2D eigenvalue weighted by Crippen LogP contribution is -2.39. The summed E-state index contributed by atoms with van der Waals surface area (Å²) in [6.45, 7) is 8.95. The molecule has 2 N–H and O–H groups in total. The van der Waals surface area contributed by atoms with E-state index in [1.54, 1.807) is 6.33 Å². The fourth-order valence-electron chi connectivity index (χ4n) is 3.01. The number of nitrogens with two attached hydrogens (primary N) is 1. The summed E-state index contributed by atoms with van der Waals surface area (Å²) in [5.74, 6) is 3.15. The van der Waals surface area contributed by atoms with Gasteiger partial charge in [0.25, 0.3) is 0 Å². The van der Waals surface area contributed by atoms with Crippen LogP contribution in [-0.2, 0) is 6.42 Å². The van der Waals surface area contributed by atoms with Crippen LogP contribution in [0.2, 0.25) is 0 Å². The van der Waals surface area contributed by atoms with Gasteiger partial charge in [-0.1, -0.05) is 27.2 Å². The van der Waals surface area contributed by atoms with Crippen LogP contribution in [0, 0.1) is 11.8 Å². The molecule has 1 aliphatic rings. The van der Waals surface area contributed by atoms with Crippen LogP contribution in [0.1, 0.15) is 39.2 Å². The summed E-state index contributed by atoms with van der Waals surface area (Å²) in [5.41, 5.74) is 7.13. The first-order valence-electron chi connectivity index (χ1n) is 6.96. The summed E-state index contributed by atoms with van der Waals surface area (Å²) in [7, 11) is 0. The van der Waals surface area contributed by atoms with E-state index in [9.17, 15) is 0 Å². The fraction of sp³-hybridized carbons (Fsp3) is 0.714. The van der Waals surface area contributed by atoms with Gasteiger partial charge in [0.2, 0.25) is 0 Å².